The second kappa shape index (κ2) is 6.91. The van der Waals surface area contributed by atoms with E-state index in [9.17, 15) is 0 Å². The summed E-state index contributed by atoms with van der Waals surface area (Å²) >= 11 is 0. The highest BCUT2D eigenvalue weighted by Crippen LogP contribution is 2.22. The number of aryl methyl sites for hydroxylation is 1. The number of hydrogen-bond acceptors (Lipinski definition) is 5. The van der Waals surface area contributed by atoms with Crippen LogP contribution >= 0.6 is 0 Å². The third-order valence-corrected chi connectivity index (χ3v) is 3.42. The maximum absolute atomic E-state index is 5.74. The first kappa shape index (κ1) is 15.0. The lowest BCUT2D eigenvalue weighted by atomic mass is 10.3. The average Bonchev–Trinajstić information content (AvgIpc) is 2.95. The highest BCUT2D eigenvalue weighted by molar-refractivity contribution is 5.33. The summed E-state index contributed by atoms with van der Waals surface area (Å²) in [6.07, 6.45) is 2.54. The van der Waals surface area contributed by atoms with Crippen molar-refractivity contribution in [2.24, 2.45) is 7.05 Å². The van der Waals surface area contributed by atoms with Crippen LogP contribution in [0.25, 0.3) is 0 Å². The van der Waals surface area contributed by atoms with Crippen molar-refractivity contribution in [3.8, 4) is 17.4 Å². The van der Waals surface area contributed by atoms with E-state index in [2.05, 4.69) is 22.1 Å². The van der Waals surface area contributed by atoms with Crippen molar-refractivity contribution in [3.63, 3.8) is 0 Å². The molecule has 0 bridgehead atoms. The summed E-state index contributed by atoms with van der Waals surface area (Å²) in [5.74, 6) is 3.77. The van der Waals surface area contributed by atoms with Gasteiger partial charge < -0.3 is 14.0 Å². The predicted molar refractivity (Wildman–Crippen MR) is 85.5 cm³/mol. The molecule has 1 aromatic carbocycles. The Morgan fingerprint density at radius 3 is 2.35 bits per heavy atom. The van der Waals surface area contributed by atoms with Crippen molar-refractivity contribution in [1.29, 1.82) is 0 Å². The normalized spacial score (nSPS) is 10.5. The van der Waals surface area contributed by atoms with Gasteiger partial charge in [-0.05, 0) is 30.3 Å². The Kier molecular flexibility index (Phi) is 4.52. The quantitative estimate of drug-likeness (QED) is 0.700. The molecule has 0 amide bonds. The van der Waals surface area contributed by atoms with Gasteiger partial charge in [0.25, 0.3) is 0 Å². The molecule has 3 rings (SSSR count). The van der Waals surface area contributed by atoms with Crippen LogP contribution in [0.5, 0.6) is 17.4 Å². The number of nitrogens with zero attached hydrogens (tertiary/aromatic N) is 4. The van der Waals surface area contributed by atoms with Crippen molar-refractivity contribution in [3.05, 3.63) is 60.3 Å². The lowest BCUT2D eigenvalue weighted by Gasteiger charge is -2.08. The van der Waals surface area contributed by atoms with Crippen LogP contribution in [0.2, 0.25) is 0 Å². The molecule has 2 heterocycles. The van der Waals surface area contributed by atoms with Gasteiger partial charge in [-0.3, -0.25) is 0 Å². The van der Waals surface area contributed by atoms with Crippen LogP contribution in [0.4, 0.5) is 0 Å². The molecule has 23 heavy (non-hydrogen) atoms. The number of aromatic nitrogens is 4. The Labute approximate surface area is 134 Å². The van der Waals surface area contributed by atoms with E-state index in [1.165, 1.54) is 0 Å². The molecule has 0 saturated heterocycles. The molecule has 0 spiro atoms. The highest BCUT2D eigenvalue weighted by atomic mass is 16.5. The van der Waals surface area contributed by atoms with Crippen molar-refractivity contribution < 1.29 is 9.47 Å². The predicted octanol–water partition coefficient (Wildman–Crippen LogP) is 3.14. The summed E-state index contributed by atoms with van der Waals surface area (Å²) in [6.45, 7) is 2.43. The van der Waals surface area contributed by atoms with E-state index in [-0.39, 0.29) is 0 Å². The minimum Gasteiger partial charge on any atom is -0.486 e. The van der Waals surface area contributed by atoms with Gasteiger partial charge in [0.05, 0.1) is 0 Å². The number of pyridine rings is 1. The van der Waals surface area contributed by atoms with Crippen LogP contribution in [0.15, 0.2) is 48.7 Å². The lowest BCUT2D eigenvalue weighted by Crippen LogP contribution is -2.05. The molecule has 0 radical (unpaired) electrons. The number of rotatable bonds is 6. The monoisotopic (exact) mass is 310 g/mol. The maximum atomic E-state index is 5.74. The molecule has 0 saturated carbocycles. The van der Waals surface area contributed by atoms with Crippen LogP contribution in [0.3, 0.4) is 0 Å². The minimum atomic E-state index is 0.379. The first-order valence-electron chi connectivity index (χ1n) is 7.45. The zero-order chi connectivity index (χ0) is 16.1. The minimum absolute atomic E-state index is 0.379. The Morgan fingerprint density at radius 1 is 0.957 bits per heavy atom. The molecule has 2 aromatic heterocycles. The van der Waals surface area contributed by atoms with Crippen LogP contribution in [0, 0.1) is 0 Å². The van der Waals surface area contributed by atoms with Crippen molar-refractivity contribution in [2.45, 2.75) is 20.0 Å². The first-order chi connectivity index (χ1) is 11.3. The number of hydrogen-bond donors (Lipinski definition) is 0. The lowest BCUT2D eigenvalue weighted by molar-refractivity contribution is 0.290. The zero-order valence-corrected chi connectivity index (χ0v) is 13.1. The van der Waals surface area contributed by atoms with Gasteiger partial charge in [0.15, 0.2) is 5.82 Å². The fraction of sp³-hybridized carbons (Fsp3) is 0.235. The summed E-state index contributed by atoms with van der Waals surface area (Å²) < 4.78 is 13.3. The standard InChI is InChI=1S/C17H18N4O2/c1-3-15-19-20-16(21(15)2)12-22-13-7-9-14(10-8-13)23-17-6-4-5-11-18-17/h4-11H,3,12H2,1-2H3. The molecule has 0 aliphatic heterocycles. The fourth-order valence-electron chi connectivity index (χ4n) is 2.11. The Balaban J connectivity index is 1.60. The number of benzene rings is 1. The van der Waals surface area contributed by atoms with Crippen LogP contribution in [-0.4, -0.2) is 19.7 Å². The van der Waals surface area contributed by atoms with Crippen molar-refractivity contribution in [2.75, 3.05) is 0 Å². The van der Waals surface area contributed by atoms with Gasteiger partial charge in [-0.2, -0.15) is 0 Å². The molecule has 0 fully saturated rings. The average molecular weight is 310 g/mol. The Bertz CT molecular complexity index is 754. The topological polar surface area (TPSA) is 62.1 Å². The third-order valence-electron chi connectivity index (χ3n) is 3.42. The summed E-state index contributed by atoms with van der Waals surface area (Å²) in [5.41, 5.74) is 0. The second-order valence-electron chi connectivity index (χ2n) is 4.98. The third kappa shape index (κ3) is 3.66. The van der Waals surface area contributed by atoms with Gasteiger partial charge in [-0.25, -0.2) is 4.98 Å². The van der Waals surface area contributed by atoms with E-state index < -0.39 is 0 Å². The van der Waals surface area contributed by atoms with E-state index in [0.29, 0.717) is 18.2 Å². The SMILES string of the molecule is CCc1nnc(COc2ccc(Oc3ccccn3)cc2)n1C. The van der Waals surface area contributed by atoms with E-state index in [1.807, 2.05) is 54.1 Å². The van der Waals surface area contributed by atoms with Crippen LogP contribution < -0.4 is 9.47 Å². The summed E-state index contributed by atoms with van der Waals surface area (Å²) in [4.78, 5) is 4.12. The molecule has 0 aliphatic carbocycles. The van der Waals surface area contributed by atoms with E-state index in [1.54, 1.807) is 6.20 Å². The second-order valence-corrected chi connectivity index (χ2v) is 4.98. The Morgan fingerprint density at radius 2 is 1.70 bits per heavy atom. The molecule has 6 nitrogen and oxygen atoms in total. The Hall–Kier alpha value is -2.89. The molecule has 3 aromatic rings. The van der Waals surface area contributed by atoms with Crippen LogP contribution in [0.1, 0.15) is 18.6 Å². The van der Waals surface area contributed by atoms with Gasteiger partial charge in [0.2, 0.25) is 5.88 Å². The smallest absolute Gasteiger partial charge is 0.219 e. The molecule has 118 valence electrons. The van der Waals surface area contributed by atoms with Gasteiger partial charge in [0.1, 0.15) is 23.9 Å². The molecular weight excluding hydrogens is 292 g/mol. The summed E-state index contributed by atoms with van der Waals surface area (Å²) in [7, 11) is 1.95. The molecule has 0 N–H and O–H groups in total. The van der Waals surface area contributed by atoms with Gasteiger partial charge in [0, 0.05) is 25.7 Å². The number of ether oxygens (including phenoxy) is 2. The zero-order valence-electron chi connectivity index (χ0n) is 13.1. The van der Waals surface area contributed by atoms with Gasteiger partial charge in [-0.1, -0.05) is 13.0 Å². The highest BCUT2D eigenvalue weighted by Gasteiger charge is 2.07. The molecule has 0 atom stereocenters. The van der Waals surface area contributed by atoms with E-state index >= 15 is 0 Å². The van der Waals surface area contributed by atoms with Gasteiger partial charge >= 0.3 is 0 Å². The summed E-state index contributed by atoms with van der Waals surface area (Å²) in [5, 5.41) is 8.24. The largest absolute Gasteiger partial charge is 0.486 e. The van der Waals surface area contributed by atoms with Crippen LogP contribution in [-0.2, 0) is 20.1 Å². The van der Waals surface area contributed by atoms with Gasteiger partial charge in [-0.15, -0.1) is 10.2 Å². The molecular formula is C17H18N4O2. The summed E-state index contributed by atoms with van der Waals surface area (Å²) in [6, 6.07) is 12.9. The first-order valence-corrected chi connectivity index (χ1v) is 7.45. The fourth-order valence-corrected chi connectivity index (χ4v) is 2.11. The maximum Gasteiger partial charge on any atom is 0.219 e. The van der Waals surface area contributed by atoms with E-state index in [0.717, 1.165) is 23.8 Å². The molecule has 0 aliphatic rings. The van der Waals surface area contributed by atoms with Crippen molar-refractivity contribution >= 4 is 0 Å². The van der Waals surface area contributed by atoms with Crippen molar-refractivity contribution in [1.82, 2.24) is 19.7 Å². The molecule has 6 heteroatoms. The molecule has 0 unspecified atom stereocenters. The van der Waals surface area contributed by atoms with E-state index in [4.69, 9.17) is 9.47 Å².